The van der Waals surface area contributed by atoms with E-state index in [4.69, 9.17) is 11.6 Å². The van der Waals surface area contributed by atoms with Gasteiger partial charge in [-0.15, -0.1) is 0 Å². The minimum absolute atomic E-state index is 0.114. The molecule has 0 saturated carbocycles. The molecular weight excluding hydrogens is 347 g/mol. The Bertz CT molecular complexity index is 766. The second-order valence-electron chi connectivity index (χ2n) is 4.73. The number of nitrogens with one attached hydrogen (secondary N) is 1. The molecule has 0 saturated heterocycles. The van der Waals surface area contributed by atoms with Gasteiger partial charge in [-0.1, -0.05) is 23.7 Å². The monoisotopic (exact) mass is 357 g/mol. The zero-order valence-electron chi connectivity index (χ0n) is 12.1. The van der Waals surface area contributed by atoms with Gasteiger partial charge in [0.05, 0.1) is 10.6 Å². The van der Waals surface area contributed by atoms with Crippen LogP contribution >= 0.6 is 11.6 Å². The summed E-state index contributed by atoms with van der Waals surface area (Å²) >= 11 is 5.63. The lowest BCUT2D eigenvalue weighted by Gasteiger charge is -2.08. The number of ether oxygens (including phenoxy) is 1. The van der Waals surface area contributed by atoms with Crippen LogP contribution in [0.4, 0.5) is 13.2 Å². The third-order valence-corrected chi connectivity index (χ3v) is 3.28. The Balaban J connectivity index is 1.86. The molecule has 2 aromatic carbocycles. The van der Waals surface area contributed by atoms with E-state index in [0.29, 0.717) is 17.7 Å². The number of halogens is 4. The van der Waals surface area contributed by atoms with E-state index in [1.165, 1.54) is 24.3 Å². The Hall–Kier alpha value is -2.54. The second-order valence-corrected chi connectivity index (χ2v) is 5.13. The Morgan fingerprint density at radius 3 is 2.33 bits per heavy atom. The van der Waals surface area contributed by atoms with E-state index in [1.807, 2.05) is 0 Å². The lowest BCUT2D eigenvalue weighted by molar-refractivity contribution is -0.124. The van der Waals surface area contributed by atoms with Crippen LogP contribution in [0, 0.1) is 17.5 Å². The van der Waals surface area contributed by atoms with E-state index >= 15 is 0 Å². The van der Waals surface area contributed by atoms with Gasteiger partial charge >= 0.3 is 5.97 Å². The maximum absolute atomic E-state index is 13.1. The van der Waals surface area contributed by atoms with Crippen LogP contribution in [0.5, 0.6) is 0 Å². The largest absolute Gasteiger partial charge is 0.452 e. The van der Waals surface area contributed by atoms with Crippen LogP contribution in [0.3, 0.4) is 0 Å². The average Bonchev–Trinajstić information content (AvgIpc) is 2.55. The van der Waals surface area contributed by atoms with Gasteiger partial charge in [0.15, 0.2) is 18.2 Å². The van der Waals surface area contributed by atoms with Crippen molar-refractivity contribution < 1.29 is 27.5 Å². The minimum Gasteiger partial charge on any atom is -0.452 e. The number of carbonyl (C=O) groups excluding carboxylic acids is 2. The van der Waals surface area contributed by atoms with Gasteiger partial charge in [-0.3, -0.25) is 4.79 Å². The van der Waals surface area contributed by atoms with E-state index in [2.05, 4.69) is 10.1 Å². The van der Waals surface area contributed by atoms with E-state index in [-0.39, 0.29) is 17.1 Å². The van der Waals surface area contributed by atoms with Crippen LogP contribution in [-0.4, -0.2) is 18.5 Å². The van der Waals surface area contributed by atoms with E-state index in [1.54, 1.807) is 0 Å². The summed E-state index contributed by atoms with van der Waals surface area (Å²) in [4.78, 5) is 23.3. The van der Waals surface area contributed by atoms with Crippen LogP contribution in [0.1, 0.15) is 15.9 Å². The van der Waals surface area contributed by atoms with Crippen molar-refractivity contribution in [1.29, 1.82) is 0 Å². The molecule has 0 aromatic heterocycles. The van der Waals surface area contributed by atoms with Gasteiger partial charge in [0, 0.05) is 6.54 Å². The first-order chi connectivity index (χ1) is 11.4. The standard InChI is InChI=1S/C16H11ClF3NO3/c17-12-6-14(20)13(19)5-11(12)16(23)24-8-15(22)21-7-9-1-3-10(18)4-2-9/h1-6H,7-8H2,(H,21,22). The first-order valence-corrected chi connectivity index (χ1v) is 7.07. The van der Waals surface area contributed by atoms with Crippen molar-refractivity contribution in [2.75, 3.05) is 6.61 Å². The van der Waals surface area contributed by atoms with Crippen LogP contribution < -0.4 is 5.32 Å². The van der Waals surface area contributed by atoms with E-state index < -0.39 is 35.9 Å². The molecule has 24 heavy (non-hydrogen) atoms. The van der Waals surface area contributed by atoms with Gasteiger partial charge < -0.3 is 10.1 Å². The zero-order valence-corrected chi connectivity index (χ0v) is 12.9. The molecule has 0 fully saturated rings. The van der Waals surface area contributed by atoms with Gasteiger partial charge in [-0.2, -0.15) is 0 Å². The third kappa shape index (κ3) is 4.73. The van der Waals surface area contributed by atoms with E-state index in [9.17, 15) is 22.8 Å². The first kappa shape index (κ1) is 17.8. The molecule has 4 nitrogen and oxygen atoms in total. The average molecular weight is 358 g/mol. The fourth-order valence-electron chi connectivity index (χ4n) is 1.74. The van der Waals surface area contributed by atoms with Crippen LogP contribution in [0.2, 0.25) is 5.02 Å². The molecule has 1 amide bonds. The van der Waals surface area contributed by atoms with Crippen molar-refractivity contribution in [2.24, 2.45) is 0 Å². The predicted molar refractivity (Wildman–Crippen MR) is 79.9 cm³/mol. The van der Waals surface area contributed by atoms with Crippen molar-refractivity contribution in [2.45, 2.75) is 6.54 Å². The predicted octanol–water partition coefficient (Wildman–Crippen LogP) is 3.23. The van der Waals surface area contributed by atoms with Gasteiger partial charge in [0.2, 0.25) is 0 Å². The van der Waals surface area contributed by atoms with Crippen molar-refractivity contribution >= 4 is 23.5 Å². The molecule has 8 heteroatoms. The minimum atomic E-state index is -1.26. The molecule has 2 rings (SSSR count). The quantitative estimate of drug-likeness (QED) is 0.660. The maximum Gasteiger partial charge on any atom is 0.340 e. The highest BCUT2D eigenvalue weighted by Gasteiger charge is 2.17. The number of hydrogen-bond donors (Lipinski definition) is 1. The molecule has 0 bridgehead atoms. The normalized spacial score (nSPS) is 10.3. The molecule has 0 radical (unpaired) electrons. The summed E-state index contributed by atoms with van der Waals surface area (Å²) in [5, 5.41) is 2.13. The summed E-state index contributed by atoms with van der Waals surface area (Å²) in [6.45, 7) is -0.516. The zero-order chi connectivity index (χ0) is 17.7. The molecule has 0 aliphatic heterocycles. The molecule has 126 valence electrons. The number of esters is 1. The summed E-state index contributed by atoms with van der Waals surface area (Å²) in [6, 6.07) is 6.70. The smallest absolute Gasteiger partial charge is 0.340 e. The Morgan fingerprint density at radius 2 is 1.67 bits per heavy atom. The molecule has 0 spiro atoms. The number of hydrogen-bond acceptors (Lipinski definition) is 3. The Morgan fingerprint density at radius 1 is 1.04 bits per heavy atom. The van der Waals surface area contributed by atoms with Crippen molar-refractivity contribution in [1.82, 2.24) is 5.32 Å². The highest BCUT2D eigenvalue weighted by molar-refractivity contribution is 6.33. The molecule has 0 unspecified atom stereocenters. The van der Waals surface area contributed by atoms with Gasteiger partial charge in [-0.05, 0) is 29.8 Å². The Labute approximate surface area is 140 Å². The van der Waals surface area contributed by atoms with Crippen LogP contribution in [0.25, 0.3) is 0 Å². The molecule has 1 N–H and O–H groups in total. The molecule has 0 aliphatic rings. The second kappa shape index (κ2) is 7.83. The van der Waals surface area contributed by atoms with Gasteiger partial charge in [0.25, 0.3) is 5.91 Å². The number of benzene rings is 2. The SMILES string of the molecule is O=C(COC(=O)c1cc(F)c(F)cc1Cl)NCc1ccc(F)cc1. The van der Waals surface area contributed by atoms with Gasteiger partial charge in [0.1, 0.15) is 5.82 Å². The lowest BCUT2D eigenvalue weighted by Crippen LogP contribution is -2.28. The number of amides is 1. The Kier molecular flexibility index (Phi) is 5.81. The summed E-state index contributed by atoms with van der Waals surface area (Å²) in [5.41, 5.74) is 0.265. The first-order valence-electron chi connectivity index (χ1n) is 6.69. The number of carbonyl (C=O) groups is 2. The number of rotatable bonds is 5. The highest BCUT2D eigenvalue weighted by atomic mass is 35.5. The fraction of sp³-hybridized carbons (Fsp3) is 0.125. The van der Waals surface area contributed by atoms with Crippen LogP contribution in [-0.2, 0) is 16.1 Å². The van der Waals surface area contributed by atoms with Gasteiger partial charge in [-0.25, -0.2) is 18.0 Å². The fourth-order valence-corrected chi connectivity index (χ4v) is 1.97. The third-order valence-electron chi connectivity index (χ3n) is 2.97. The van der Waals surface area contributed by atoms with Crippen molar-refractivity contribution in [3.05, 3.63) is 70.0 Å². The summed E-state index contributed by atoms with van der Waals surface area (Å²) in [6.07, 6.45) is 0. The summed E-state index contributed by atoms with van der Waals surface area (Å²) in [5.74, 6) is -4.54. The molecule has 0 atom stereocenters. The van der Waals surface area contributed by atoms with Crippen LogP contribution in [0.15, 0.2) is 36.4 Å². The van der Waals surface area contributed by atoms with Crippen molar-refractivity contribution in [3.63, 3.8) is 0 Å². The topological polar surface area (TPSA) is 55.4 Å². The van der Waals surface area contributed by atoms with Crippen molar-refractivity contribution in [3.8, 4) is 0 Å². The maximum atomic E-state index is 13.1. The molecular formula is C16H11ClF3NO3. The summed E-state index contributed by atoms with van der Waals surface area (Å²) < 4.78 is 43.5. The molecule has 2 aromatic rings. The highest BCUT2D eigenvalue weighted by Crippen LogP contribution is 2.20. The molecule has 0 aliphatic carbocycles. The van der Waals surface area contributed by atoms with E-state index in [0.717, 1.165) is 0 Å². The molecule has 0 heterocycles. The lowest BCUT2D eigenvalue weighted by atomic mass is 10.2. The summed E-state index contributed by atoms with van der Waals surface area (Å²) in [7, 11) is 0.